The van der Waals surface area contributed by atoms with E-state index in [1.807, 2.05) is 0 Å². The Hall–Kier alpha value is -1.52. The molecule has 0 unspecified atom stereocenters. The maximum atomic E-state index is 14.1. The van der Waals surface area contributed by atoms with Gasteiger partial charge in [-0.3, -0.25) is 0 Å². The van der Waals surface area contributed by atoms with E-state index in [4.69, 9.17) is 14.2 Å². The van der Waals surface area contributed by atoms with Crippen LogP contribution in [-0.2, 0) is 0 Å². The van der Waals surface area contributed by atoms with E-state index in [1.165, 1.54) is 18.9 Å². The minimum absolute atomic E-state index is 0.0455. The number of hydrogen-bond acceptors (Lipinski definition) is 3. The second-order valence-corrected chi connectivity index (χ2v) is 4.85. The highest BCUT2D eigenvalue weighted by Gasteiger charge is 2.20. The first-order chi connectivity index (χ1) is 9.76. The molecule has 0 bridgehead atoms. The normalized spacial score (nSPS) is 15.3. The fraction of sp³-hybridized carbons (Fsp3) is 0.600. The van der Waals surface area contributed by atoms with Gasteiger partial charge in [-0.25, -0.2) is 4.39 Å². The molecule has 1 aliphatic rings. The Morgan fingerprint density at radius 2 is 1.80 bits per heavy atom. The molecule has 0 aliphatic heterocycles. The molecule has 0 amide bonds. The average Bonchev–Trinajstić information content (AvgIpc) is 2.96. The van der Waals surface area contributed by atoms with Crippen molar-refractivity contribution in [3.05, 3.63) is 17.9 Å². The molecule has 0 radical (unpaired) electrons. The molecule has 0 spiro atoms. The molecular weight excluding hydrogens is 266 g/mol. The molecule has 2 rings (SSSR count). The lowest BCUT2D eigenvalue weighted by Gasteiger charge is -2.16. The maximum Gasteiger partial charge on any atom is 0.228 e. The smallest absolute Gasteiger partial charge is 0.228 e. The van der Waals surface area contributed by atoms with Gasteiger partial charge >= 0.3 is 0 Å². The Balaban J connectivity index is 2.11. The zero-order valence-electron chi connectivity index (χ0n) is 11.7. The van der Waals surface area contributed by atoms with Crippen LogP contribution >= 0.6 is 0 Å². The van der Waals surface area contributed by atoms with Crippen molar-refractivity contribution in [3.63, 3.8) is 0 Å². The summed E-state index contributed by atoms with van der Waals surface area (Å²) < 4.78 is 42.0. The van der Waals surface area contributed by atoms with Gasteiger partial charge in [0, 0.05) is 0 Å². The van der Waals surface area contributed by atoms with Crippen molar-refractivity contribution in [2.45, 2.75) is 32.6 Å². The molecule has 0 N–H and O–H groups in total. The van der Waals surface area contributed by atoms with Crippen molar-refractivity contribution in [1.82, 2.24) is 0 Å². The molecule has 112 valence electrons. The summed E-state index contributed by atoms with van der Waals surface area (Å²) in [6.07, 6.45) is 4.66. The van der Waals surface area contributed by atoms with E-state index in [0.717, 1.165) is 12.8 Å². The van der Waals surface area contributed by atoms with Crippen LogP contribution in [-0.4, -0.2) is 20.1 Å². The number of hydrogen-bond donors (Lipinski definition) is 0. The van der Waals surface area contributed by atoms with E-state index in [0.29, 0.717) is 19.1 Å². The van der Waals surface area contributed by atoms with Crippen LogP contribution < -0.4 is 14.2 Å². The van der Waals surface area contributed by atoms with Gasteiger partial charge in [-0.1, -0.05) is 12.8 Å². The molecule has 1 aromatic carbocycles. The fourth-order valence-electron chi connectivity index (χ4n) is 2.47. The van der Waals surface area contributed by atoms with Crippen LogP contribution in [0.4, 0.5) is 8.78 Å². The van der Waals surface area contributed by atoms with Crippen molar-refractivity contribution in [1.29, 1.82) is 0 Å². The summed E-state index contributed by atoms with van der Waals surface area (Å²) >= 11 is 0. The van der Waals surface area contributed by atoms with Crippen molar-refractivity contribution in [3.8, 4) is 17.2 Å². The highest BCUT2D eigenvalue weighted by atomic mass is 19.1. The van der Waals surface area contributed by atoms with Crippen molar-refractivity contribution < 1.29 is 23.0 Å². The van der Waals surface area contributed by atoms with Gasteiger partial charge in [0.1, 0.15) is 0 Å². The molecule has 3 nitrogen and oxygen atoms in total. The van der Waals surface area contributed by atoms with Crippen LogP contribution in [0.5, 0.6) is 17.2 Å². The van der Waals surface area contributed by atoms with Crippen LogP contribution in [0.15, 0.2) is 12.1 Å². The SMILES string of the molecule is CCOc1ccc(OCC2CCCC2)c(OCF)c1F. The lowest BCUT2D eigenvalue weighted by molar-refractivity contribution is 0.165. The van der Waals surface area contributed by atoms with Crippen LogP contribution in [0.2, 0.25) is 0 Å². The largest absolute Gasteiger partial charge is 0.491 e. The summed E-state index contributed by atoms with van der Waals surface area (Å²) in [6.45, 7) is 1.48. The quantitative estimate of drug-likeness (QED) is 0.755. The summed E-state index contributed by atoms with van der Waals surface area (Å²) in [4.78, 5) is 0. The number of rotatable bonds is 7. The van der Waals surface area contributed by atoms with Crippen molar-refractivity contribution in [2.75, 3.05) is 20.1 Å². The third-order valence-electron chi connectivity index (χ3n) is 3.47. The Labute approximate surface area is 117 Å². The third-order valence-corrected chi connectivity index (χ3v) is 3.47. The monoisotopic (exact) mass is 286 g/mol. The van der Waals surface area contributed by atoms with Gasteiger partial charge in [0.05, 0.1) is 13.2 Å². The summed E-state index contributed by atoms with van der Waals surface area (Å²) in [5.74, 6) is -0.160. The molecule has 1 saturated carbocycles. The van der Waals surface area contributed by atoms with Gasteiger partial charge in [0.25, 0.3) is 0 Å². The Morgan fingerprint density at radius 1 is 1.10 bits per heavy atom. The van der Waals surface area contributed by atoms with Gasteiger partial charge in [-0.2, -0.15) is 4.39 Å². The molecular formula is C15H20F2O3. The molecule has 1 aliphatic carbocycles. The minimum Gasteiger partial charge on any atom is -0.491 e. The minimum atomic E-state index is -1.10. The predicted octanol–water partition coefficient (Wildman–Crippen LogP) is 4.10. The fourth-order valence-corrected chi connectivity index (χ4v) is 2.47. The zero-order chi connectivity index (χ0) is 14.4. The molecule has 5 heteroatoms. The van der Waals surface area contributed by atoms with Crippen molar-refractivity contribution in [2.24, 2.45) is 5.92 Å². The maximum absolute atomic E-state index is 14.1. The summed E-state index contributed by atoms with van der Waals surface area (Å²) in [6, 6.07) is 3.04. The Kier molecular flexibility index (Phi) is 5.44. The Bertz CT molecular complexity index is 431. The van der Waals surface area contributed by atoms with Crippen LogP contribution in [0, 0.1) is 11.7 Å². The first-order valence-corrected chi connectivity index (χ1v) is 7.03. The highest BCUT2D eigenvalue weighted by molar-refractivity contribution is 5.47. The molecule has 0 heterocycles. The third kappa shape index (κ3) is 3.52. The first-order valence-electron chi connectivity index (χ1n) is 7.03. The van der Waals surface area contributed by atoms with Gasteiger partial charge in [0.2, 0.25) is 18.4 Å². The first kappa shape index (κ1) is 14.9. The van der Waals surface area contributed by atoms with Crippen LogP contribution in [0.25, 0.3) is 0 Å². The van der Waals surface area contributed by atoms with Gasteiger partial charge in [0.15, 0.2) is 11.5 Å². The summed E-state index contributed by atoms with van der Waals surface area (Å²) in [5, 5.41) is 0. The predicted molar refractivity (Wildman–Crippen MR) is 71.6 cm³/mol. The number of ether oxygens (including phenoxy) is 3. The topological polar surface area (TPSA) is 27.7 Å². The van der Waals surface area contributed by atoms with Crippen LogP contribution in [0.3, 0.4) is 0 Å². The molecule has 0 atom stereocenters. The molecule has 1 fully saturated rings. The van der Waals surface area contributed by atoms with Crippen molar-refractivity contribution >= 4 is 0 Å². The second kappa shape index (κ2) is 7.31. The van der Waals surface area contributed by atoms with Gasteiger partial charge in [-0.05, 0) is 37.8 Å². The molecule has 1 aromatic rings. The zero-order valence-corrected chi connectivity index (χ0v) is 11.7. The lowest BCUT2D eigenvalue weighted by Crippen LogP contribution is -2.10. The van der Waals surface area contributed by atoms with E-state index in [2.05, 4.69) is 0 Å². The summed E-state index contributed by atoms with van der Waals surface area (Å²) in [7, 11) is 0. The second-order valence-electron chi connectivity index (χ2n) is 4.85. The standard InChI is InChI=1S/C15H20F2O3/c1-2-18-12-7-8-13(15(14(12)17)20-10-16)19-9-11-5-3-4-6-11/h7-8,11H,2-6,9-10H2,1H3. The molecule has 20 heavy (non-hydrogen) atoms. The van der Waals surface area contributed by atoms with Gasteiger partial charge in [-0.15, -0.1) is 0 Å². The van der Waals surface area contributed by atoms with E-state index < -0.39 is 12.7 Å². The average molecular weight is 286 g/mol. The van der Waals surface area contributed by atoms with E-state index >= 15 is 0 Å². The Morgan fingerprint density at radius 3 is 2.45 bits per heavy atom. The number of alkyl halides is 1. The van der Waals surface area contributed by atoms with E-state index in [1.54, 1.807) is 13.0 Å². The number of benzene rings is 1. The summed E-state index contributed by atoms with van der Waals surface area (Å²) in [5.41, 5.74) is 0. The highest BCUT2D eigenvalue weighted by Crippen LogP contribution is 2.37. The van der Waals surface area contributed by atoms with E-state index in [-0.39, 0.29) is 17.2 Å². The van der Waals surface area contributed by atoms with E-state index in [9.17, 15) is 8.78 Å². The van der Waals surface area contributed by atoms with Gasteiger partial charge < -0.3 is 14.2 Å². The molecule has 0 aromatic heterocycles. The number of halogens is 2. The lowest BCUT2D eigenvalue weighted by atomic mass is 10.1. The van der Waals surface area contributed by atoms with Crippen LogP contribution in [0.1, 0.15) is 32.6 Å². The molecule has 0 saturated heterocycles.